The normalized spacial score (nSPS) is 17.7. The van der Waals surface area contributed by atoms with Crippen LogP contribution in [0.3, 0.4) is 0 Å². The third kappa shape index (κ3) is 8.03. The molecule has 1 atom stereocenters. The summed E-state index contributed by atoms with van der Waals surface area (Å²) in [5.41, 5.74) is 12.5. The SMILES string of the molecule is CC(N)C1CCN(CCc2cccc(-n3ccc(NC(=O)N4CCN(C(=O)C(C)(C)N)CC4)nc3=O)c2)CC1.Cl. The summed E-state index contributed by atoms with van der Waals surface area (Å²) in [5, 5.41) is 2.70. The number of hydrogen-bond donors (Lipinski definition) is 3. The van der Waals surface area contributed by atoms with Crippen LogP contribution in [0.4, 0.5) is 10.6 Å². The zero-order valence-corrected chi connectivity index (χ0v) is 24.5. The van der Waals surface area contributed by atoms with Gasteiger partial charge in [0.2, 0.25) is 5.91 Å². The molecule has 3 amide bonds. The average molecular weight is 575 g/mol. The number of benzene rings is 1. The molecule has 2 saturated heterocycles. The van der Waals surface area contributed by atoms with Crippen molar-refractivity contribution in [3.63, 3.8) is 0 Å². The van der Waals surface area contributed by atoms with Gasteiger partial charge in [-0.1, -0.05) is 12.1 Å². The number of nitrogens with two attached hydrogens (primary N) is 2. The van der Waals surface area contributed by atoms with Crippen molar-refractivity contribution >= 4 is 30.2 Å². The van der Waals surface area contributed by atoms with E-state index in [0.717, 1.165) is 50.1 Å². The van der Waals surface area contributed by atoms with Gasteiger partial charge < -0.3 is 26.2 Å². The Morgan fingerprint density at radius 2 is 1.73 bits per heavy atom. The van der Waals surface area contributed by atoms with Crippen molar-refractivity contribution in [3.8, 4) is 5.69 Å². The highest BCUT2D eigenvalue weighted by Gasteiger charge is 2.31. The second-order valence-corrected chi connectivity index (χ2v) is 11.4. The lowest BCUT2D eigenvalue weighted by Crippen LogP contribution is -2.58. The summed E-state index contributed by atoms with van der Waals surface area (Å²) in [6.45, 7) is 10.1. The second-order valence-electron chi connectivity index (χ2n) is 11.4. The molecule has 2 fully saturated rings. The van der Waals surface area contributed by atoms with Gasteiger partial charge in [-0.3, -0.25) is 14.7 Å². The van der Waals surface area contributed by atoms with E-state index in [2.05, 4.69) is 28.2 Å². The lowest BCUT2D eigenvalue weighted by Gasteiger charge is -2.37. The summed E-state index contributed by atoms with van der Waals surface area (Å²) in [5.74, 6) is 0.662. The van der Waals surface area contributed by atoms with Gasteiger partial charge in [-0.25, -0.2) is 9.59 Å². The summed E-state index contributed by atoms with van der Waals surface area (Å²) in [6.07, 6.45) is 4.81. The van der Waals surface area contributed by atoms with Crippen LogP contribution in [-0.4, -0.2) is 93.6 Å². The first-order valence-electron chi connectivity index (χ1n) is 13.8. The van der Waals surface area contributed by atoms with E-state index >= 15 is 0 Å². The summed E-state index contributed by atoms with van der Waals surface area (Å²) in [4.78, 5) is 47.7. The Morgan fingerprint density at radius 1 is 1.07 bits per heavy atom. The van der Waals surface area contributed by atoms with Crippen molar-refractivity contribution < 1.29 is 9.59 Å². The summed E-state index contributed by atoms with van der Waals surface area (Å²) in [6, 6.07) is 9.43. The Kier molecular flexibility index (Phi) is 10.7. The van der Waals surface area contributed by atoms with Gasteiger partial charge in [-0.15, -0.1) is 12.4 Å². The summed E-state index contributed by atoms with van der Waals surface area (Å²) >= 11 is 0. The number of amides is 3. The van der Waals surface area contributed by atoms with Gasteiger partial charge in [-0.2, -0.15) is 4.98 Å². The third-order valence-corrected chi connectivity index (χ3v) is 7.73. The molecule has 1 unspecified atom stereocenters. The Hall–Kier alpha value is -2.99. The predicted octanol–water partition coefficient (Wildman–Crippen LogP) is 1.67. The minimum atomic E-state index is -0.946. The largest absolute Gasteiger partial charge is 0.354 e. The number of carbonyl (C=O) groups excluding carboxylic acids is 2. The van der Waals surface area contributed by atoms with Crippen LogP contribution < -0.4 is 22.5 Å². The fourth-order valence-corrected chi connectivity index (χ4v) is 5.23. The second kappa shape index (κ2) is 13.6. The highest BCUT2D eigenvalue weighted by molar-refractivity contribution is 5.89. The van der Waals surface area contributed by atoms with E-state index in [-0.39, 0.29) is 36.2 Å². The van der Waals surface area contributed by atoms with Gasteiger partial charge in [0, 0.05) is 45.0 Å². The molecule has 0 spiro atoms. The number of nitrogens with one attached hydrogen (secondary N) is 1. The number of aromatic nitrogens is 2. The van der Waals surface area contributed by atoms with Crippen molar-refractivity contribution in [1.82, 2.24) is 24.3 Å². The average Bonchev–Trinajstić information content (AvgIpc) is 2.91. The Bertz CT molecular complexity index is 1210. The number of likely N-dealkylation sites (tertiary alicyclic amines) is 1. The molecule has 12 heteroatoms. The van der Waals surface area contributed by atoms with Crippen molar-refractivity contribution in [2.24, 2.45) is 17.4 Å². The van der Waals surface area contributed by atoms with E-state index in [1.165, 1.54) is 4.57 Å². The maximum Gasteiger partial charge on any atom is 0.354 e. The van der Waals surface area contributed by atoms with E-state index in [4.69, 9.17) is 11.5 Å². The van der Waals surface area contributed by atoms with Crippen molar-refractivity contribution in [2.75, 3.05) is 51.1 Å². The first-order chi connectivity index (χ1) is 18.5. The molecule has 0 radical (unpaired) electrons. The lowest BCUT2D eigenvalue weighted by atomic mass is 9.91. The molecule has 11 nitrogen and oxygen atoms in total. The number of piperazine rings is 1. The Labute approximate surface area is 242 Å². The number of halogens is 1. The quantitative estimate of drug-likeness (QED) is 0.456. The first-order valence-corrected chi connectivity index (χ1v) is 13.8. The maximum atomic E-state index is 12.8. The highest BCUT2D eigenvalue weighted by atomic mass is 35.5. The molecule has 2 aliphatic heterocycles. The molecule has 40 heavy (non-hydrogen) atoms. The van der Waals surface area contributed by atoms with Gasteiger partial charge in [-0.05, 0) is 82.8 Å². The highest BCUT2D eigenvalue weighted by Crippen LogP contribution is 2.20. The van der Waals surface area contributed by atoms with Gasteiger partial charge >= 0.3 is 11.7 Å². The van der Waals surface area contributed by atoms with Crippen LogP contribution in [0.25, 0.3) is 5.69 Å². The number of piperidine rings is 1. The van der Waals surface area contributed by atoms with Gasteiger partial charge in [0.15, 0.2) is 0 Å². The number of nitrogens with zero attached hydrogens (tertiary/aromatic N) is 5. The third-order valence-electron chi connectivity index (χ3n) is 7.73. The monoisotopic (exact) mass is 574 g/mol. The number of hydrogen-bond acceptors (Lipinski definition) is 7. The van der Waals surface area contributed by atoms with Gasteiger partial charge in [0.1, 0.15) is 5.82 Å². The van der Waals surface area contributed by atoms with Crippen molar-refractivity contribution in [2.45, 2.75) is 51.6 Å². The van der Waals surface area contributed by atoms with E-state index in [1.807, 2.05) is 18.2 Å². The zero-order valence-electron chi connectivity index (χ0n) is 23.7. The standard InChI is InChI=1S/C28H42N8O3.ClH/c1-20(29)22-8-12-33(13-9-22)11-7-21-5-4-6-23(19-21)36-14-10-24(32-27(36)39)31-26(38)35-17-15-34(16-18-35)25(37)28(2,3)30;/h4-6,10,14,19-20,22H,7-9,11-13,15-18,29-30H2,1-3H3,(H,31,32,38,39);1H. The molecule has 4 rings (SSSR count). The number of urea groups is 1. The summed E-state index contributed by atoms with van der Waals surface area (Å²) < 4.78 is 1.48. The molecular formula is C28H43ClN8O3. The molecule has 5 N–H and O–H groups in total. The number of carbonyl (C=O) groups is 2. The molecule has 0 saturated carbocycles. The lowest BCUT2D eigenvalue weighted by molar-refractivity contribution is -0.137. The molecular weight excluding hydrogens is 532 g/mol. The fraction of sp³-hybridized carbons (Fsp3) is 0.571. The minimum absolute atomic E-state index is 0. The van der Waals surface area contributed by atoms with E-state index in [0.29, 0.717) is 32.1 Å². The van der Waals surface area contributed by atoms with Crippen LogP contribution in [-0.2, 0) is 11.2 Å². The maximum absolute atomic E-state index is 12.8. The number of rotatable bonds is 7. The van der Waals surface area contributed by atoms with Crippen LogP contribution in [0.1, 0.15) is 39.2 Å². The molecule has 0 bridgehead atoms. The number of anilines is 1. The zero-order chi connectivity index (χ0) is 28.2. The minimum Gasteiger partial charge on any atom is -0.338 e. The predicted molar refractivity (Wildman–Crippen MR) is 159 cm³/mol. The molecule has 2 aromatic rings. The van der Waals surface area contributed by atoms with Crippen LogP contribution >= 0.6 is 12.4 Å². The topological polar surface area (TPSA) is 143 Å². The Balaban J connectivity index is 0.00000441. The smallest absolute Gasteiger partial charge is 0.338 e. The van der Waals surface area contributed by atoms with E-state index in [9.17, 15) is 14.4 Å². The van der Waals surface area contributed by atoms with Crippen LogP contribution in [0, 0.1) is 5.92 Å². The summed E-state index contributed by atoms with van der Waals surface area (Å²) in [7, 11) is 0. The van der Waals surface area contributed by atoms with Crippen LogP contribution in [0.15, 0.2) is 41.3 Å². The molecule has 3 heterocycles. The molecule has 1 aromatic heterocycles. The molecule has 2 aliphatic rings. The van der Waals surface area contributed by atoms with Crippen LogP contribution in [0.5, 0.6) is 0 Å². The van der Waals surface area contributed by atoms with Crippen molar-refractivity contribution in [3.05, 3.63) is 52.6 Å². The fourth-order valence-electron chi connectivity index (χ4n) is 5.23. The van der Waals surface area contributed by atoms with Crippen molar-refractivity contribution in [1.29, 1.82) is 0 Å². The molecule has 220 valence electrons. The van der Waals surface area contributed by atoms with Crippen LogP contribution in [0.2, 0.25) is 0 Å². The molecule has 1 aromatic carbocycles. The first kappa shape index (κ1) is 31.5. The molecule has 0 aliphatic carbocycles. The van der Waals surface area contributed by atoms with E-state index < -0.39 is 11.2 Å². The van der Waals surface area contributed by atoms with E-state index in [1.54, 1.807) is 35.9 Å². The van der Waals surface area contributed by atoms with Gasteiger partial charge in [0.25, 0.3) is 0 Å². The Morgan fingerprint density at radius 3 is 2.33 bits per heavy atom. The van der Waals surface area contributed by atoms with Gasteiger partial charge in [0.05, 0.1) is 11.2 Å².